The minimum absolute atomic E-state index is 1.07. The van der Waals surface area contributed by atoms with Crippen LogP contribution < -0.4 is 0 Å². The number of fused-ring (bicyclic) bond motifs is 12. The molecule has 0 spiro atoms. The van der Waals surface area contributed by atoms with Crippen molar-refractivity contribution in [2.45, 2.75) is 12.8 Å². The van der Waals surface area contributed by atoms with Crippen molar-refractivity contribution in [3.05, 3.63) is 199 Å². The van der Waals surface area contributed by atoms with Crippen LogP contribution in [-0.2, 0) is 6.42 Å². The minimum atomic E-state index is 1.07. The van der Waals surface area contributed by atoms with Gasteiger partial charge in [0.05, 0.1) is 38.6 Å². The lowest BCUT2D eigenvalue weighted by Crippen LogP contribution is -2.02. The minimum Gasteiger partial charge on any atom is -0.310 e. The zero-order valence-electron chi connectivity index (χ0n) is 31.7. The lowest BCUT2D eigenvalue weighted by atomic mass is 10.0. The fourth-order valence-corrected chi connectivity index (χ4v) is 10.2. The van der Waals surface area contributed by atoms with E-state index < -0.39 is 0 Å². The predicted octanol–water partition coefficient (Wildman–Crippen LogP) is 13.9. The molecule has 4 heterocycles. The summed E-state index contributed by atoms with van der Waals surface area (Å²) in [6.45, 7) is 0. The van der Waals surface area contributed by atoms with Crippen LogP contribution in [0, 0.1) is 0 Å². The van der Waals surface area contributed by atoms with Gasteiger partial charge in [-0.3, -0.25) is 0 Å². The van der Waals surface area contributed by atoms with E-state index in [1.165, 1.54) is 93.3 Å². The maximum absolute atomic E-state index is 2.47. The summed E-state index contributed by atoms with van der Waals surface area (Å²) in [6.07, 6.45) is 6.78. The summed E-state index contributed by atoms with van der Waals surface area (Å²) in [5, 5.41) is 8.88. The average molecular weight is 741 g/mol. The first-order valence-corrected chi connectivity index (χ1v) is 20.3. The molecular formula is C54H36N4. The molecule has 272 valence electrons. The molecule has 0 saturated carbocycles. The van der Waals surface area contributed by atoms with Gasteiger partial charge in [0, 0.05) is 66.1 Å². The van der Waals surface area contributed by atoms with Gasteiger partial charge in [0.25, 0.3) is 0 Å². The molecule has 0 N–H and O–H groups in total. The largest absolute Gasteiger partial charge is 0.310 e. The predicted molar refractivity (Wildman–Crippen MR) is 244 cm³/mol. The smallest absolute Gasteiger partial charge is 0.0562 e. The van der Waals surface area contributed by atoms with Crippen molar-refractivity contribution in [1.29, 1.82) is 0 Å². The van der Waals surface area contributed by atoms with Crippen LogP contribution in [0.3, 0.4) is 0 Å². The Balaban J connectivity index is 1.07. The second kappa shape index (κ2) is 12.0. The Morgan fingerprint density at radius 3 is 1.16 bits per heavy atom. The van der Waals surface area contributed by atoms with Gasteiger partial charge < -0.3 is 18.3 Å². The second-order valence-corrected chi connectivity index (χ2v) is 15.7. The number of aromatic nitrogens is 4. The van der Waals surface area contributed by atoms with E-state index in [0.29, 0.717) is 0 Å². The Kier molecular flexibility index (Phi) is 6.53. The zero-order valence-corrected chi connectivity index (χ0v) is 31.7. The van der Waals surface area contributed by atoms with Crippen LogP contribution in [0.4, 0.5) is 0 Å². The molecule has 0 bridgehead atoms. The quantitative estimate of drug-likeness (QED) is 0.171. The third-order valence-electron chi connectivity index (χ3n) is 12.6. The van der Waals surface area contributed by atoms with E-state index in [0.717, 1.165) is 29.9 Å². The highest BCUT2D eigenvalue weighted by Crippen LogP contribution is 2.41. The summed E-state index contributed by atoms with van der Waals surface area (Å²) in [6, 6.07) is 67.1. The van der Waals surface area contributed by atoms with Crippen LogP contribution in [0.1, 0.15) is 17.7 Å². The first-order chi connectivity index (χ1) is 28.8. The Labute approximate surface area is 334 Å². The van der Waals surface area contributed by atoms with E-state index in [1.54, 1.807) is 0 Å². The van der Waals surface area contributed by atoms with E-state index in [1.807, 2.05) is 0 Å². The number of rotatable bonds is 4. The van der Waals surface area contributed by atoms with E-state index in [4.69, 9.17) is 0 Å². The third kappa shape index (κ3) is 4.34. The van der Waals surface area contributed by atoms with Gasteiger partial charge in [0.15, 0.2) is 0 Å². The summed E-state index contributed by atoms with van der Waals surface area (Å²) in [5.41, 5.74) is 15.8. The molecular weight excluding hydrogens is 705 g/mol. The van der Waals surface area contributed by atoms with Gasteiger partial charge in [0.1, 0.15) is 0 Å². The van der Waals surface area contributed by atoms with Crippen molar-refractivity contribution in [2.24, 2.45) is 0 Å². The molecule has 0 amide bonds. The van der Waals surface area contributed by atoms with E-state index in [-0.39, 0.29) is 0 Å². The van der Waals surface area contributed by atoms with Gasteiger partial charge in [0.2, 0.25) is 0 Å². The zero-order chi connectivity index (χ0) is 37.9. The van der Waals surface area contributed by atoms with Crippen molar-refractivity contribution < 1.29 is 0 Å². The van der Waals surface area contributed by atoms with Crippen LogP contribution in [-0.4, -0.2) is 18.3 Å². The Morgan fingerprint density at radius 2 is 0.672 bits per heavy atom. The van der Waals surface area contributed by atoms with E-state index in [2.05, 4.69) is 212 Å². The van der Waals surface area contributed by atoms with Gasteiger partial charge in [-0.2, -0.15) is 0 Å². The van der Waals surface area contributed by atoms with E-state index >= 15 is 0 Å². The molecule has 0 radical (unpaired) electrons. The average Bonchev–Trinajstić information content (AvgIpc) is 4.00. The van der Waals surface area contributed by atoms with E-state index in [9.17, 15) is 0 Å². The normalized spacial score (nSPS) is 13.0. The highest BCUT2D eigenvalue weighted by atomic mass is 15.0. The maximum atomic E-state index is 2.47. The molecule has 12 aromatic rings. The van der Waals surface area contributed by atoms with Crippen molar-refractivity contribution >= 4 is 82.4 Å². The number of para-hydroxylation sites is 5. The highest BCUT2D eigenvalue weighted by Gasteiger charge is 2.22. The van der Waals surface area contributed by atoms with Crippen LogP contribution in [0.25, 0.3) is 105 Å². The monoisotopic (exact) mass is 740 g/mol. The first-order valence-electron chi connectivity index (χ1n) is 20.3. The molecule has 0 atom stereocenters. The highest BCUT2D eigenvalue weighted by molar-refractivity contribution is 6.19. The van der Waals surface area contributed by atoms with Gasteiger partial charge in [-0.25, -0.2) is 0 Å². The lowest BCUT2D eigenvalue weighted by molar-refractivity contribution is 0.966. The Hall–Kier alpha value is -7.56. The first kappa shape index (κ1) is 31.6. The summed E-state index contributed by atoms with van der Waals surface area (Å²) < 4.78 is 9.80. The van der Waals surface area contributed by atoms with Gasteiger partial charge in [-0.1, -0.05) is 109 Å². The summed E-state index contributed by atoms with van der Waals surface area (Å²) in [5.74, 6) is 0. The van der Waals surface area contributed by atoms with Gasteiger partial charge >= 0.3 is 0 Å². The summed E-state index contributed by atoms with van der Waals surface area (Å²) >= 11 is 0. The maximum Gasteiger partial charge on any atom is 0.0562 e. The summed E-state index contributed by atoms with van der Waals surface area (Å²) in [4.78, 5) is 0. The summed E-state index contributed by atoms with van der Waals surface area (Å²) in [7, 11) is 0. The van der Waals surface area contributed by atoms with Crippen molar-refractivity contribution in [1.82, 2.24) is 18.3 Å². The topological polar surface area (TPSA) is 19.7 Å². The standard InChI is InChI=1S/C54H36N4/c1-7-25-47-39(19-1)40-20-2-8-26-48(40)55(47)35-15-13-17-37(31-35)57-51-29-11-5-23-43(51)45-33-46-44-24-6-12-30-52(44)58(54(46)34-53(45)57)38-18-14-16-36(32-38)56-49-27-9-3-21-41(49)42-22-4-10-28-50(42)56/h1-3,5-21,23-34H,4,22H2. The van der Waals surface area contributed by atoms with Crippen LogP contribution in [0.2, 0.25) is 0 Å². The molecule has 1 aliphatic carbocycles. The fraction of sp³-hybridized carbons (Fsp3) is 0.0370. The molecule has 0 aliphatic heterocycles. The molecule has 0 unspecified atom stereocenters. The van der Waals surface area contributed by atoms with Gasteiger partial charge in [-0.05, 0) is 103 Å². The third-order valence-corrected chi connectivity index (χ3v) is 12.6. The SMILES string of the molecule is C1=Cc2c(c3ccccc3n2-c2cccc(-n3c4ccccc4c4cc5c6ccccc6n(-c6cccc(-n7c8ccccc8c8ccccc87)c6)c5cc43)c2)CC1. The molecule has 4 aromatic heterocycles. The Morgan fingerprint density at radius 1 is 0.293 bits per heavy atom. The molecule has 1 aliphatic rings. The van der Waals surface area contributed by atoms with Crippen molar-refractivity contribution in [3.8, 4) is 22.7 Å². The number of hydrogen-bond acceptors (Lipinski definition) is 0. The van der Waals surface area contributed by atoms with Gasteiger partial charge in [-0.15, -0.1) is 0 Å². The van der Waals surface area contributed by atoms with Crippen molar-refractivity contribution in [3.63, 3.8) is 0 Å². The van der Waals surface area contributed by atoms with Crippen LogP contribution >= 0.6 is 0 Å². The molecule has 0 saturated heterocycles. The second-order valence-electron chi connectivity index (χ2n) is 15.7. The number of aryl methyl sites for hydroxylation is 1. The lowest BCUT2D eigenvalue weighted by Gasteiger charge is -2.15. The Bertz CT molecular complexity index is 3640. The molecule has 0 fully saturated rings. The number of benzene rings is 8. The molecule has 13 rings (SSSR count). The van der Waals surface area contributed by atoms with Crippen LogP contribution in [0.15, 0.2) is 188 Å². The fourth-order valence-electron chi connectivity index (χ4n) is 10.2. The molecule has 4 nitrogen and oxygen atoms in total. The molecule has 58 heavy (non-hydrogen) atoms. The van der Waals surface area contributed by atoms with Crippen LogP contribution in [0.5, 0.6) is 0 Å². The molecule has 8 aromatic carbocycles. The number of allylic oxidation sites excluding steroid dienone is 1. The number of nitrogens with zero attached hydrogens (tertiary/aromatic N) is 4. The van der Waals surface area contributed by atoms with Crippen molar-refractivity contribution in [2.75, 3.05) is 0 Å². The number of hydrogen-bond donors (Lipinski definition) is 0. The molecule has 4 heteroatoms.